The largest absolute Gasteiger partial charge is 0.457 e. The van der Waals surface area contributed by atoms with E-state index in [4.69, 9.17) is 9.47 Å². The van der Waals surface area contributed by atoms with Gasteiger partial charge in [0, 0.05) is 22.7 Å². The van der Waals surface area contributed by atoms with Crippen molar-refractivity contribution < 1.29 is 9.47 Å². The Labute approximate surface area is 116 Å². The highest BCUT2D eigenvalue weighted by molar-refractivity contribution is 5.86. The van der Waals surface area contributed by atoms with E-state index in [2.05, 4.69) is 29.2 Å². The number of hydrogen-bond acceptors (Lipinski definition) is 3. The molecule has 0 radical (unpaired) electrons. The van der Waals surface area contributed by atoms with Crippen molar-refractivity contribution >= 4 is 10.9 Å². The molecule has 20 heavy (non-hydrogen) atoms. The van der Waals surface area contributed by atoms with Crippen molar-refractivity contribution in [1.29, 1.82) is 0 Å². The van der Waals surface area contributed by atoms with Crippen LogP contribution in [0.2, 0.25) is 0 Å². The smallest absolute Gasteiger partial charge is 0.230 e. The molecule has 2 aromatic carbocycles. The van der Waals surface area contributed by atoms with Crippen molar-refractivity contribution in [1.82, 2.24) is 4.98 Å². The summed E-state index contributed by atoms with van der Waals surface area (Å²) in [7, 11) is 0. The van der Waals surface area contributed by atoms with Crippen molar-refractivity contribution in [2.45, 2.75) is 6.92 Å². The standard InChI is InChI=1S/C17H13NO2/c1-11-2-3-13-8-12(4-7-16(13)18-11)15-6-5-14-9-17(15)20-10-19-14/h2-9H,10H2,1H3. The third-order valence-electron chi connectivity index (χ3n) is 3.53. The maximum Gasteiger partial charge on any atom is 0.230 e. The third kappa shape index (κ3) is 1.79. The normalized spacial score (nSPS) is 12.8. The predicted molar refractivity (Wildman–Crippen MR) is 78.0 cm³/mol. The van der Waals surface area contributed by atoms with Gasteiger partial charge in [0.2, 0.25) is 6.79 Å². The zero-order valence-corrected chi connectivity index (χ0v) is 11.1. The van der Waals surface area contributed by atoms with Crippen molar-refractivity contribution in [3.05, 3.63) is 54.2 Å². The van der Waals surface area contributed by atoms with Gasteiger partial charge < -0.3 is 9.47 Å². The van der Waals surface area contributed by atoms with E-state index in [0.717, 1.165) is 39.2 Å². The number of benzene rings is 2. The van der Waals surface area contributed by atoms with Gasteiger partial charge in [-0.25, -0.2) is 0 Å². The third-order valence-corrected chi connectivity index (χ3v) is 3.53. The molecule has 2 bridgehead atoms. The summed E-state index contributed by atoms with van der Waals surface area (Å²) in [5, 5.41) is 1.14. The molecule has 1 aliphatic rings. The molecule has 4 rings (SSSR count). The second kappa shape index (κ2) is 4.23. The summed E-state index contributed by atoms with van der Waals surface area (Å²) in [5.74, 6) is 1.72. The number of rotatable bonds is 1. The molecule has 1 aromatic heterocycles. The van der Waals surface area contributed by atoms with Crippen LogP contribution >= 0.6 is 0 Å². The van der Waals surface area contributed by atoms with Gasteiger partial charge >= 0.3 is 0 Å². The molecular weight excluding hydrogens is 250 g/mol. The molecule has 0 aliphatic carbocycles. The van der Waals surface area contributed by atoms with Crippen LogP contribution in [0.5, 0.6) is 11.5 Å². The Morgan fingerprint density at radius 1 is 0.950 bits per heavy atom. The van der Waals surface area contributed by atoms with Crippen LogP contribution in [0.4, 0.5) is 0 Å². The van der Waals surface area contributed by atoms with E-state index in [1.54, 1.807) is 0 Å². The molecule has 98 valence electrons. The van der Waals surface area contributed by atoms with Crippen LogP contribution < -0.4 is 9.47 Å². The molecule has 0 saturated carbocycles. The summed E-state index contributed by atoms with van der Waals surface area (Å²) in [6.07, 6.45) is 0. The highest BCUT2D eigenvalue weighted by Gasteiger charge is 2.13. The Balaban J connectivity index is 1.88. The maximum absolute atomic E-state index is 5.56. The molecule has 3 nitrogen and oxygen atoms in total. The van der Waals surface area contributed by atoms with Crippen LogP contribution in [0, 0.1) is 6.92 Å². The summed E-state index contributed by atoms with van der Waals surface area (Å²) in [5.41, 5.74) is 4.26. The van der Waals surface area contributed by atoms with Crippen LogP contribution in [-0.4, -0.2) is 11.8 Å². The maximum atomic E-state index is 5.56. The highest BCUT2D eigenvalue weighted by atomic mass is 16.7. The van der Waals surface area contributed by atoms with Gasteiger partial charge in [-0.2, -0.15) is 0 Å². The van der Waals surface area contributed by atoms with Gasteiger partial charge in [-0.1, -0.05) is 12.1 Å². The van der Waals surface area contributed by atoms with Crippen molar-refractivity contribution in [2.75, 3.05) is 6.79 Å². The topological polar surface area (TPSA) is 31.4 Å². The van der Waals surface area contributed by atoms with Gasteiger partial charge in [0.05, 0.1) is 5.52 Å². The lowest BCUT2D eigenvalue weighted by Gasteiger charge is -2.19. The molecule has 0 unspecified atom stereocenters. The van der Waals surface area contributed by atoms with Gasteiger partial charge in [0.25, 0.3) is 0 Å². The van der Waals surface area contributed by atoms with Crippen LogP contribution in [-0.2, 0) is 0 Å². The predicted octanol–water partition coefficient (Wildman–Crippen LogP) is 3.94. The fraction of sp³-hybridized carbons (Fsp3) is 0.118. The van der Waals surface area contributed by atoms with E-state index in [9.17, 15) is 0 Å². The molecule has 0 amide bonds. The number of aryl methyl sites for hydroxylation is 1. The molecule has 1 aliphatic heterocycles. The van der Waals surface area contributed by atoms with Crippen LogP contribution in [0.15, 0.2) is 48.5 Å². The summed E-state index contributed by atoms with van der Waals surface area (Å²) in [6, 6.07) is 16.3. The molecule has 0 atom stereocenters. The Hall–Kier alpha value is -2.55. The van der Waals surface area contributed by atoms with Gasteiger partial charge in [-0.05, 0) is 42.8 Å². The highest BCUT2D eigenvalue weighted by Crippen LogP contribution is 2.36. The molecule has 0 saturated heterocycles. The van der Waals surface area contributed by atoms with E-state index < -0.39 is 0 Å². The van der Waals surface area contributed by atoms with Crippen LogP contribution in [0.3, 0.4) is 0 Å². The van der Waals surface area contributed by atoms with Gasteiger partial charge in [-0.3, -0.25) is 4.98 Å². The summed E-state index contributed by atoms with van der Waals surface area (Å²) in [4.78, 5) is 4.53. The minimum Gasteiger partial charge on any atom is -0.457 e. The van der Waals surface area contributed by atoms with Gasteiger partial charge in [0.1, 0.15) is 11.5 Å². The van der Waals surface area contributed by atoms with Crippen LogP contribution in [0.25, 0.3) is 22.0 Å². The van der Waals surface area contributed by atoms with E-state index in [0.29, 0.717) is 0 Å². The lowest BCUT2D eigenvalue weighted by Crippen LogP contribution is -2.10. The lowest BCUT2D eigenvalue weighted by molar-refractivity contribution is 0.106. The summed E-state index contributed by atoms with van der Waals surface area (Å²) < 4.78 is 10.9. The summed E-state index contributed by atoms with van der Waals surface area (Å²) >= 11 is 0. The van der Waals surface area contributed by atoms with Crippen molar-refractivity contribution in [2.24, 2.45) is 0 Å². The summed E-state index contributed by atoms with van der Waals surface area (Å²) in [6.45, 7) is 2.29. The number of hydrogen-bond donors (Lipinski definition) is 0. The monoisotopic (exact) mass is 263 g/mol. The van der Waals surface area contributed by atoms with Gasteiger partial charge in [-0.15, -0.1) is 0 Å². The fourth-order valence-electron chi connectivity index (χ4n) is 2.51. The minimum absolute atomic E-state index is 0.281. The van der Waals surface area contributed by atoms with E-state index in [1.807, 2.05) is 31.2 Å². The zero-order valence-electron chi connectivity index (χ0n) is 11.1. The number of aromatic nitrogens is 1. The van der Waals surface area contributed by atoms with Crippen LogP contribution in [0.1, 0.15) is 5.69 Å². The average Bonchev–Trinajstić information content (AvgIpc) is 2.47. The molecule has 0 spiro atoms. The molecular formula is C17H13NO2. The first-order valence-electron chi connectivity index (χ1n) is 6.57. The number of fused-ring (bicyclic) bond motifs is 3. The van der Waals surface area contributed by atoms with Crippen molar-refractivity contribution in [3.63, 3.8) is 0 Å². The lowest BCUT2D eigenvalue weighted by atomic mass is 10.0. The second-order valence-corrected chi connectivity index (χ2v) is 4.92. The van der Waals surface area contributed by atoms with Crippen molar-refractivity contribution in [3.8, 4) is 22.6 Å². The molecule has 2 heterocycles. The van der Waals surface area contributed by atoms with E-state index >= 15 is 0 Å². The molecule has 0 fully saturated rings. The average molecular weight is 263 g/mol. The Bertz CT molecular complexity index is 811. The Kier molecular flexibility index (Phi) is 2.39. The van der Waals surface area contributed by atoms with E-state index in [1.165, 1.54) is 0 Å². The Morgan fingerprint density at radius 3 is 2.85 bits per heavy atom. The van der Waals surface area contributed by atoms with E-state index in [-0.39, 0.29) is 6.79 Å². The first-order valence-corrected chi connectivity index (χ1v) is 6.57. The number of nitrogens with zero attached hydrogens (tertiary/aromatic N) is 1. The first kappa shape index (κ1) is 11.3. The van der Waals surface area contributed by atoms with Gasteiger partial charge in [0.15, 0.2) is 0 Å². The quantitative estimate of drug-likeness (QED) is 0.666. The Morgan fingerprint density at radius 2 is 1.90 bits per heavy atom. The molecule has 0 N–H and O–H groups in total. The number of pyridine rings is 1. The zero-order chi connectivity index (χ0) is 13.5. The number of ether oxygens (including phenoxy) is 2. The second-order valence-electron chi connectivity index (χ2n) is 4.92. The minimum atomic E-state index is 0.281. The molecule has 3 aromatic rings. The SMILES string of the molecule is Cc1ccc2cc(-c3ccc4cc3OCO4)ccc2n1. The fourth-order valence-corrected chi connectivity index (χ4v) is 2.51. The first-order chi connectivity index (χ1) is 9.79. The molecule has 3 heteroatoms.